The molecule has 30 heavy (non-hydrogen) atoms. The van der Waals surface area contributed by atoms with Crippen LogP contribution in [0.3, 0.4) is 0 Å². The summed E-state index contributed by atoms with van der Waals surface area (Å²) < 4.78 is 6.51. The molecule has 0 unspecified atom stereocenters. The molecular formula is C18H15ClN4O7. The van der Waals surface area contributed by atoms with Crippen molar-refractivity contribution in [3.05, 3.63) is 56.3 Å². The van der Waals surface area contributed by atoms with Gasteiger partial charge in [0.05, 0.1) is 23.3 Å². The number of hydrogen-bond acceptors (Lipinski definition) is 7. The molecule has 0 bridgehead atoms. The highest BCUT2D eigenvalue weighted by Gasteiger charge is 2.19. The quantitative estimate of drug-likeness (QED) is 0.478. The molecule has 1 amide bonds. The lowest BCUT2D eigenvalue weighted by molar-refractivity contribution is -0.137. The Balaban J connectivity index is 2.05. The van der Waals surface area contributed by atoms with Gasteiger partial charge in [-0.3, -0.25) is 19.0 Å². The third kappa shape index (κ3) is 3.96. The van der Waals surface area contributed by atoms with Gasteiger partial charge in [-0.2, -0.15) is 0 Å². The van der Waals surface area contributed by atoms with E-state index in [9.17, 15) is 24.3 Å². The number of nitrogens with zero attached hydrogens (tertiary/aromatic N) is 3. The summed E-state index contributed by atoms with van der Waals surface area (Å²) >= 11 is 5.86. The Morgan fingerprint density at radius 1 is 1.23 bits per heavy atom. The maximum absolute atomic E-state index is 12.7. The number of nitrogens with one attached hydrogen (secondary N) is 1. The Labute approximate surface area is 172 Å². The van der Waals surface area contributed by atoms with E-state index in [1.165, 1.54) is 37.6 Å². The zero-order valence-corrected chi connectivity index (χ0v) is 16.2. The molecule has 0 aliphatic carbocycles. The minimum absolute atomic E-state index is 0.0343. The van der Waals surface area contributed by atoms with Crippen LogP contribution in [0.2, 0.25) is 5.02 Å². The van der Waals surface area contributed by atoms with Crippen LogP contribution in [0.1, 0.15) is 0 Å². The van der Waals surface area contributed by atoms with Crippen molar-refractivity contribution in [2.24, 2.45) is 0 Å². The lowest BCUT2D eigenvalue weighted by Gasteiger charge is -2.14. The molecule has 2 aromatic heterocycles. The van der Waals surface area contributed by atoms with Gasteiger partial charge in [-0.05, 0) is 18.2 Å². The van der Waals surface area contributed by atoms with Crippen LogP contribution in [0, 0.1) is 0 Å². The van der Waals surface area contributed by atoms with Gasteiger partial charge in [-0.15, -0.1) is 0 Å². The Bertz CT molecular complexity index is 1280. The summed E-state index contributed by atoms with van der Waals surface area (Å²) in [5.41, 5.74) is -1.80. The number of carboxylic acid groups (broad SMARTS) is 1. The minimum Gasteiger partial charge on any atom is -0.506 e. The molecule has 0 atom stereocenters. The molecular weight excluding hydrogens is 420 g/mol. The van der Waals surface area contributed by atoms with Crippen LogP contribution in [0.5, 0.6) is 11.5 Å². The third-order valence-electron chi connectivity index (χ3n) is 4.12. The molecule has 3 aromatic rings. The predicted molar refractivity (Wildman–Crippen MR) is 106 cm³/mol. The van der Waals surface area contributed by atoms with Gasteiger partial charge in [0.25, 0.3) is 5.56 Å². The second-order valence-electron chi connectivity index (χ2n) is 6.08. The molecule has 3 rings (SSSR count). The number of aliphatic carboxylic acids is 1. The SMILES string of the molecule is COc1cc(O)c(Cl)cc1NC(=O)Cn1c(=O)n(CC(=O)O)c(=O)c2ncccc21. The molecule has 11 nitrogen and oxygen atoms in total. The maximum atomic E-state index is 12.7. The summed E-state index contributed by atoms with van der Waals surface area (Å²) in [6, 6.07) is 5.36. The minimum atomic E-state index is -1.40. The van der Waals surface area contributed by atoms with Crippen molar-refractivity contribution in [1.29, 1.82) is 0 Å². The lowest BCUT2D eigenvalue weighted by Crippen LogP contribution is -2.43. The Hall–Kier alpha value is -3.86. The van der Waals surface area contributed by atoms with Crippen molar-refractivity contribution in [2.45, 2.75) is 13.1 Å². The molecule has 0 spiro atoms. The van der Waals surface area contributed by atoms with E-state index < -0.39 is 36.2 Å². The number of carbonyl (C=O) groups is 2. The normalized spacial score (nSPS) is 10.7. The monoisotopic (exact) mass is 434 g/mol. The molecule has 1 aromatic carbocycles. The summed E-state index contributed by atoms with van der Waals surface area (Å²) in [6.07, 6.45) is 1.31. The van der Waals surface area contributed by atoms with Crippen LogP contribution in [-0.4, -0.2) is 43.3 Å². The molecule has 3 N–H and O–H groups in total. The Morgan fingerprint density at radius 3 is 2.63 bits per heavy atom. The fourth-order valence-corrected chi connectivity index (χ4v) is 2.98. The predicted octanol–water partition coefficient (Wildman–Crippen LogP) is 0.649. The average Bonchev–Trinajstić information content (AvgIpc) is 2.70. The molecule has 0 aliphatic rings. The Morgan fingerprint density at radius 2 is 1.97 bits per heavy atom. The first-order valence-electron chi connectivity index (χ1n) is 8.39. The first kappa shape index (κ1) is 20.9. The van der Waals surface area contributed by atoms with Crippen LogP contribution in [-0.2, 0) is 22.7 Å². The number of phenols is 1. The van der Waals surface area contributed by atoms with E-state index in [2.05, 4.69) is 10.3 Å². The van der Waals surface area contributed by atoms with Crippen LogP contribution >= 0.6 is 11.6 Å². The number of aromatic nitrogens is 3. The first-order valence-corrected chi connectivity index (χ1v) is 8.77. The largest absolute Gasteiger partial charge is 0.506 e. The van der Waals surface area contributed by atoms with E-state index in [0.717, 1.165) is 4.57 Å². The van der Waals surface area contributed by atoms with Gasteiger partial charge in [0, 0.05) is 12.3 Å². The zero-order chi connectivity index (χ0) is 22.0. The van der Waals surface area contributed by atoms with E-state index in [1.54, 1.807) is 0 Å². The molecule has 156 valence electrons. The van der Waals surface area contributed by atoms with Gasteiger partial charge < -0.3 is 20.3 Å². The van der Waals surface area contributed by atoms with Gasteiger partial charge in [0.15, 0.2) is 5.52 Å². The van der Waals surface area contributed by atoms with Crippen molar-refractivity contribution in [3.8, 4) is 11.5 Å². The summed E-state index contributed by atoms with van der Waals surface area (Å²) in [7, 11) is 1.32. The number of anilines is 1. The highest BCUT2D eigenvalue weighted by molar-refractivity contribution is 6.32. The number of carboxylic acids is 1. The number of hydrogen-bond donors (Lipinski definition) is 3. The van der Waals surface area contributed by atoms with E-state index in [0.29, 0.717) is 4.57 Å². The number of ether oxygens (including phenoxy) is 1. The Kier molecular flexibility index (Phi) is 5.74. The topological polar surface area (TPSA) is 153 Å². The molecule has 2 heterocycles. The van der Waals surface area contributed by atoms with Gasteiger partial charge in [0.1, 0.15) is 24.6 Å². The summed E-state index contributed by atoms with van der Waals surface area (Å²) in [5.74, 6) is -2.22. The van der Waals surface area contributed by atoms with E-state index in [-0.39, 0.29) is 33.2 Å². The molecule has 0 aliphatic heterocycles. The van der Waals surface area contributed by atoms with Gasteiger partial charge in [-0.1, -0.05) is 11.6 Å². The number of benzene rings is 1. The van der Waals surface area contributed by atoms with E-state index >= 15 is 0 Å². The lowest BCUT2D eigenvalue weighted by atomic mass is 10.2. The highest BCUT2D eigenvalue weighted by Crippen LogP contribution is 2.35. The smallest absolute Gasteiger partial charge is 0.332 e. The number of aromatic hydroxyl groups is 1. The number of pyridine rings is 1. The number of rotatable bonds is 6. The fourth-order valence-electron chi connectivity index (χ4n) is 2.81. The number of halogens is 1. The second kappa shape index (κ2) is 8.25. The number of fused-ring (bicyclic) bond motifs is 1. The van der Waals surface area contributed by atoms with Gasteiger partial charge in [-0.25, -0.2) is 14.3 Å². The van der Waals surface area contributed by atoms with Crippen molar-refractivity contribution in [1.82, 2.24) is 14.1 Å². The molecule has 12 heteroatoms. The average molecular weight is 435 g/mol. The van der Waals surface area contributed by atoms with Crippen LogP contribution in [0.15, 0.2) is 40.1 Å². The van der Waals surface area contributed by atoms with Crippen molar-refractivity contribution >= 4 is 40.2 Å². The molecule has 0 saturated heterocycles. The summed E-state index contributed by atoms with van der Waals surface area (Å²) in [6.45, 7) is -1.43. The van der Waals surface area contributed by atoms with Crippen LogP contribution < -0.4 is 21.3 Å². The molecule has 0 fully saturated rings. The first-order chi connectivity index (χ1) is 14.2. The number of phenolic OH excluding ortho intramolecular Hbond substituents is 1. The maximum Gasteiger partial charge on any atom is 0.332 e. The highest BCUT2D eigenvalue weighted by atomic mass is 35.5. The molecule has 0 radical (unpaired) electrons. The summed E-state index contributed by atoms with van der Waals surface area (Å²) in [4.78, 5) is 52.7. The standard InChI is InChI=1S/C18H15ClN4O7/c1-30-13-6-12(24)9(19)5-10(13)21-14(25)7-22-11-3-2-4-20-16(11)17(28)23(18(22)29)8-15(26)27/h2-6,24H,7-8H2,1H3,(H,21,25)(H,26,27). The number of carbonyl (C=O) groups excluding carboxylic acids is 1. The summed E-state index contributed by atoms with van der Waals surface area (Å²) in [5, 5.41) is 21.1. The molecule has 0 saturated carbocycles. The third-order valence-corrected chi connectivity index (χ3v) is 4.43. The fraction of sp³-hybridized carbons (Fsp3) is 0.167. The van der Waals surface area contributed by atoms with Gasteiger partial charge >= 0.3 is 11.7 Å². The van der Waals surface area contributed by atoms with Crippen molar-refractivity contribution < 1.29 is 24.5 Å². The number of amides is 1. The van der Waals surface area contributed by atoms with E-state index in [4.69, 9.17) is 21.4 Å². The number of methoxy groups -OCH3 is 1. The van der Waals surface area contributed by atoms with Crippen LogP contribution in [0.4, 0.5) is 5.69 Å². The second-order valence-corrected chi connectivity index (χ2v) is 6.48. The van der Waals surface area contributed by atoms with Gasteiger partial charge in [0.2, 0.25) is 5.91 Å². The van der Waals surface area contributed by atoms with Crippen LogP contribution in [0.25, 0.3) is 11.0 Å². The van der Waals surface area contributed by atoms with Crippen molar-refractivity contribution in [3.63, 3.8) is 0 Å². The zero-order valence-electron chi connectivity index (χ0n) is 15.5. The van der Waals surface area contributed by atoms with Crippen molar-refractivity contribution in [2.75, 3.05) is 12.4 Å². The van der Waals surface area contributed by atoms with E-state index in [1.807, 2.05) is 0 Å².